The summed E-state index contributed by atoms with van der Waals surface area (Å²) >= 11 is 1.73. The lowest BCUT2D eigenvalue weighted by Crippen LogP contribution is -1.74. The minimum atomic E-state index is -0.195. The highest BCUT2D eigenvalue weighted by atomic mass is 32.1. The second kappa shape index (κ2) is 4.41. The zero-order valence-corrected chi connectivity index (χ0v) is 9.22. The zero-order valence-electron chi connectivity index (χ0n) is 8.41. The van der Waals surface area contributed by atoms with Crippen LogP contribution in [0, 0.1) is 12.7 Å². The molecule has 0 amide bonds. The van der Waals surface area contributed by atoms with Crippen molar-refractivity contribution in [3.63, 3.8) is 0 Å². The van der Waals surface area contributed by atoms with E-state index in [4.69, 9.17) is 0 Å². The summed E-state index contributed by atoms with van der Waals surface area (Å²) in [5.41, 5.74) is 0.890. The van der Waals surface area contributed by atoms with Crippen LogP contribution in [0.25, 0.3) is 12.2 Å². The molecule has 0 radical (unpaired) electrons. The van der Waals surface area contributed by atoms with E-state index in [2.05, 4.69) is 19.1 Å². The smallest absolute Gasteiger partial charge is 0.123 e. The molecule has 1 aromatic heterocycles. The summed E-state index contributed by atoms with van der Waals surface area (Å²) in [6.45, 7) is 2.07. The molecule has 0 saturated carbocycles. The van der Waals surface area contributed by atoms with E-state index in [-0.39, 0.29) is 5.82 Å². The summed E-state index contributed by atoms with van der Waals surface area (Å²) in [4.78, 5) is 2.48. The van der Waals surface area contributed by atoms with Crippen LogP contribution in [-0.2, 0) is 0 Å². The number of rotatable bonds is 2. The van der Waals surface area contributed by atoms with E-state index in [0.717, 1.165) is 5.56 Å². The van der Waals surface area contributed by atoms with Crippen LogP contribution in [0.15, 0.2) is 36.4 Å². The molecule has 2 aromatic rings. The third kappa shape index (κ3) is 2.77. The van der Waals surface area contributed by atoms with Crippen LogP contribution in [0.5, 0.6) is 0 Å². The van der Waals surface area contributed by atoms with Crippen LogP contribution < -0.4 is 0 Å². The highest BCUT2D eigenvalue weighted by Gasteiger charge is 1.92. The Morgan fingerprint density at radius 2 is 2.00 bits per heavy atom. The van der Waals surface area contributed by atoms with Gasteiger partial charge in [-0.25, -0.2) is 4.39 Å². The standard InChI is InChI=1S/C13H11FS/c1-10-5-7-13(15-10)8-6-11-3-2-4-12(14)9-11/h2-9H,1H3/b8-6+. The lowest BCUT2D eigenvalue weighted by Gasteiger charge is -1.92. The predicted molar refractivity (Wildman–Crippen MR) is 64.4 cm³/mol. The van der Waals surface area contributed by atoms with Crippen molar-refractivity contribution in [2.75, 3.05) is 0 Å². The number of aryl methyl sites for hydroxylation is 1. The predicted octanol–water partition coefficient (Wildman–Crippen LogP) is 4.37. The number of hydrogen-bond acceptors (Lipinski definition) is 1. The molecule has 0 aliphatic heterocycles. The summed E-state index contributed by atoms with van der Waals surface area (Å²) in [6.07, 6.45) is 3.93. The van der Waals surface area contributed by atoms with E-state index < -0.39 is 0 Å². The van der Waals surface area contributed by atoms with Crippen molar-refractivity contribution in [2.24, 2.45) is 0 Å². The van der Waals surface area contributed by atoms with Crippen LogP contribution in [0.2, 0.25) is 0 Å². The maximum atomic E-state index is 12.9. The fraction of sp³-hybridized carbons (Fsp3) is 0.0769. The summed E-state index contributed by atoms with van der Waals surface area (Å²) < 4.78 is 12.9. The van der Waals surface area contributed by atoms with Gasteiger partial charge in [0.05, 0.1) is 0 Å². The molecule has 0 bridgehead atoms. The first-order valence-corrected chi connectivity index (χ1v) is 5.56. The van der Waals surface area contributed by atoms with Gasteiger partial charge in [-0.3, -0.25) is 0 Å². The average molecular weight is 218 g/mol. The molecule has 1 aromatic carbocycles. The van der Waals surface area contributed by atoms with Crippen molar-refractivity contribution in [1.82, 2.24) is 0 Å². The van der Waals surface area contributed by atoms with Gasteiger partial charge in [0.15, 0.2) is 0 Å². The molecular formula is C13H11FS. The molecule has 0 aliphatic rings. The highest BCUT2D eigenvalue weighted by molar-refractivity contribution is 7.12. The second-order valence-electron chi connectivity index (χ2n) is 3.34. The molecule has 2 heteroatoms. The van der Waals surface area contributed by atoms with Crippen molar-refractivity contribution in [1.29, 1.82) is 0 Å². The monoisotopic (exact) mass is 218 g/mol. The van der Waals surface area contributed by atoms with E-state index >= 15 is 0 Å². The summed E-state index contributed by atoms with van der Waals surface area (Å²) in [7, 11) is 0. The normalized spacial score (nSPS) is 11.1. The summed E-state index contributed by atoms with van der Waals surface area (Å²) in [6, 6.07) is 10.7. The Morgan fingerprint density at radius 1 is 1.13 bits per heavy atom. The lowest BCUT2D eigenvalue weighted by molar-refractivity contribution is 0.627. The molecule has 0 fully saturated rings. The van der Waals surface area contributed by atoms with Crippen LogP contribution in [-0.4, -0.2) is 0 Å². The quantitative estimate of drug-likeness (QED) is 0.702. The largest absolute Gasteiger partial charge is 0.207 e. The Kier molecular flexibility index (Phi) is 2.97. The van der Waals surface area contributed by atoms with Crippen LogP contribution in [0.4, 0.5) is 4.39 Å². The van der Waals surface area contributed by atoms with E-state index in [9.17, 15) is 4.39 Å². The average Bonchev–Trinajstić information content (AvgIpc) is 2.62. The lowest BCUT2D eigenvalue weighted by atomic mass is 10.2. The number of halogens is 1. The number of benzene rings is 1. The molecule has 0 spiro atoms. The first kappa shape index (κ1) is 10.1. The SMILES string of the molecule is Cc1ccc(/C=C/c2cccc(F)c2)s1. The van der Waals surface area contributed by atoms with Gasteiger partial charge in [0.2, 0.25) is 0 Å². The molecule has 1 heterocycles. The van der Waals surface area contributed by atoms with E-state index in [0.29, 0.717) is 0 Å². The second-order valence-corrected chi connectivity index (χ2v) is 4.66. The number of hydrogen-bond donors (Lipinski definition) is 0. The molecule has 0 unspecified atom stereocenters. The van der Waals surface area contributed by atoms with Crippen LogP contribution in [0.3, 0.4) is 0 Å². The zero-order chi connectivity index (χ0) is 10.7. The van der Waals surface area contributed by atoms with Crippen molar-refractivity contribution < 1.29 is 4.39 Å². The van der Waals surface area contributed by atoms with Gasteiger partial charge in [-0.2, -0.15) is 0 Å². The fourth-order valence-corrected chi connectivity index (χ4v) is 2.11. The van der Waals surface area contributed by atoms with Gasteiger partial charge in [-0.15, -0.1) is 11.3 Å². The minimum Gasteiger partial charge on any atom is -0.207 e. The molecular weight excluding hydrogens is 207 g/mol. The van der Waals surface area contributed by atoms with Crippen molar-refractivity contribution in [2.45, 2.75) is 6.92 Å². The maximum absolute atomic E-state index is 12.9. The molecule has 15 heavy (non-hydrogen) atoms. The third-order valence-corrected chi connectivity index (χ3v) is 3.02. The Bertz CT molecular complexity index is 483. The van der Waals surface area contributed by atoms with Gasteiger partial charge >= 0.3 is 0 Å². The van der Waals surface area contributed by atoms with Crippen molar-refractivity contribution >= 4 is 23.5 Å². The highest BCUT2D eigenvalue weighted by Crippen LogP contribution is 2.18. The van der Waals surface area contributed by atoms with Gasteiger partial charge in [-0.05, 0) is 42.8 Å². The molecule has 0 aliphatic carbocycles. The van der Waals surface area contributed by atoms with Gasteiger partial charge in [0, 0.05) is 9.75 Å². The molecule has 0 N–H and O–H groups in total. The summed E-state index contributed by atoms with van der Waals surface area (Å²) in [5.74, 6) is -0.195. The van der Waals surface area contributed by atoms with Gasteiger partial charge < -0.3 is 0 Å². The molecule has 0 atom stereocenters. The van der Waals surface area contributed by atoms with Crippen LogP contribution >= 0.6 is 11.3 Å². The first-order chi connectivity index (χ1) is 7.24. The third-order valence-electron chi connectivity index (χ3n) is 2.05. The van der Waals surface area contributed by atoms with Gasteiger partial charge in [0.1, 0.15) is 5.82 Å². The van der Waals surface area contributed by atoms with E-state index in [1.54, 1.807) is 17.4 Å². The molecule has 2 rings (SSSR count). The van der Waals surface area contributed by atoms with Gasteiger partial charge in [0.25, 0.3) is 0 Å². The van der Waals surface area contributed by atoms with Crippen molar-refractivity contribution in [3.8, 4) is 0 Å². The Morgan fingerprint density at radius 3 is 2.67 bits per heavy atom. The Labute approximate surface area is 92.7 Å². The Hall–Kier alpha value is -1.41. The summed E-state index contributed by atoms with van der Waals surface area (Å²) in [5, 5.41) is 0. The first-order valence-electron chi connectivity index (χ1n) is 4.74. The number of thiophene rings is 1. The molecule has 0 saturated heterocycles. The topological polar surface area (TPSA) is 0 Å². The minimum absolute atomic E-state index is 0.195. The van der Waals surface area contributed by atoms with Crippen molar-refractivity contribution in [3.05, 3.63) is 57.5 Å². The van der Waals surface area contributed by atoms with Crippen LogP contribution in [0.1, 0.15) is 15.3 Å². The Balaban J connectivity index is 2.18. The van der Waals surface area contributed by atoms with E-state index in [1.165, 1.54) is 21.9 Å². The fourth-order valence-electron chi connectivity index (χ4n) is 1.33. The van der Waals surface area contributed by atoms with E-state index in [1.807, 2.05) is 18.2 Å². The molecule has 76 valence electrons. The molecule has 0 nitrogen and oxygen atoms in total. The van der Waals surface area contributed by atoms with Gasteiger partial charge in [-0.1, -0.05) is 18.2 Å². The maximum Gasteiger partial charge on any atom is 0.123 e.